The van der Waals surface area contributed by atoms with Crippen molar-refractivity contribution in [3.8, 4) is 0 Å². The first-order chi connectivity index (χ1) is 12.6. The van der Waals surface area contributed by atoms with E-state index in [1.807, 2.05) is 0 Å². The third-order valence-electron chi connectivity index (χ3n) is 3.60. The standard InChI is InChI=1S/C19H22FN3O3/c1-26-11-10-21-13-18(24)23-16-8-6-14(7-9-16)19(25)22-12-15-4-2-3-5-17(15)20/h2-9,21H,10-13H2,1H3,(H,22,25)(H,23,24). The lowest BCUT2D eigenvalue weighted by molar-refractivity contribution is -0.115. The van der Waals surface area contributed by atoms with E-state index in [4.69, 9.17) is 4.74 Å². The molecule has 0 bridgehead atoms. The van der Waals surface area contributed by atoms with Gasteiger partial charge >= 0.3 is 0 Å². The van der Waals surface area contributed by atoms with Gasteiger partial charge in [0.2, 0.25) is 5.91 Å². The van der Waals surface area contributed by atoms with Crippen molar-refractivity contribution in [2.75, 3.05) is 32.1 Å². The second-order valence-corrected chi connectivity index (χ2v) is 5.57. The highest BCUT2D eigenvalue weighted by molar-refractivity contribution is 5.96. The van der Waals surface area contributed by atoms with E-state index in [0.29, 0.717) is 30.0 Å². The zero-order valence-corrected chi connectivity index (χ0v) is 14.5. The second-order valence-electron chi connectivity index (χ2n) is 5.57. The fraction of sp³-hybridized carbons (Fsp3) is 0.263. The number of nitrogens with one attached hydrogen (secondary N) is 3. The van der Waals surface area contributed by atoms with Crippen LogP contribution in [0.5, 0.6) is 0 Å². The molecule has 2 rings (SSSR count). The van der Waals surface area contributed by atoms with E-state index in [-0.39, 0.29) is 30.7 Å². The van der Waals surface area contributed by atoms with Crippen molar-refractivity contribution in [1.82, 2.24) is 10.6 Å². The first-order valence-corrected chi connectivity index (χ1v) is 8.21. The smallest absolute Gasteiger partial charge is 0.251 e. The molecule has 0 aromatic heterocycles. The molecule has 0 aliphatic carbocycles. The molecule has 0 fully saturated rings. The van der Waals surface area contributed by atoms with E-state index >= 15 is 0 Å². The first kappa shape index (κ1) is 19.6. The van der Waals surface area contributed by atoms with E-state index in [1.165, 1.54) is 6.07 Å². The Morgan fingerprint density at radius 3 is 2.50 bits per heavy atom. The topological polar surface area (TPSA) is 79.5 Å². The molecule has 0 saturated heterocycles. The van der Waals surface area contributed by atoms with Gasteiger partial charge < -0.3 is 20.7 Å². The van der Waals surface area contributed by atoms with Crippen LogP contribution in [0.15, 0.2) is 48.5 Å². The van der Waals surface area contributed by atoms with Crippen molar-refractivity contribution in [3.05, 3.63) is 65.5 Å². The Labute approximate surface area is 151 Å². The molecule has 2 aromatic rings. The number of ether oxygens (including phenoxy) is 1. The minimum Gasteiger partial charge on any atom is -0.383 e. The molecule has 0 atom stereocenters. The Balaban J connectivity index is 1.81. The van der Waals surface area contributed by atoms with Crippen molar-refractivity contribution >= 4 is 17.5 Å². The van der Waals surface area contributed by atoms with Gasteiger partial charge in [0.1, 0.15) is 5.82 Å². The van der Waals surface area contributed by atoms with Crippen LogP contribution in [0.3, 0.4) is 0 Å². The highest BCUT2D eigenvalue weighted by atomic mass is 19.1. The van der Waals surface area contributed by atoms with Crippen LogP contribution in [0.1, 0.15) is 15.9 Å². The minimum atomic E-state index is -0.357. The summed E-state index contributed by atoms with van der Waals surface area (Å²) in [5.74, 6) is -0.852. The first-order valence-electron chi connectivity index (χ1n) is 8.21. The number of anilines is 1. The monoisotopic (exact) mass is 359 g/mol. The summed E-state index contributed by atoms with van der Waals surface area (Å²) in [6.45, 7) is 1.40. The molecule has 2 amide bonds. The Kier molecular flexibility index (Phi) is 7.73. The number of hydrogen-bond acceptors (Lipinski definition) is 4. The molecule has 2 aromatic carbocycles. The quantitative estimate of drug-likeness (QED) is 0.598. The van der Waals surface area contributed by atoms with Crippen LogP contribution in [0.25, 0.3) is 0 Å². The second kappa shape index (κ2) is 10.3. The summed E-state index contributed by atoms with van der Waals surface area (Å²) in [4.78, 5) is 23.9. The van der Waals surface area contributed by atoms with E-state index in [2.05, 4.69) is 16.0 Å². The van der Waals surface area contributed by atoms with Crippen LogP contribution < -0.4 is 16.0 Å². The summed E-state index contributed by atoms with van der Waals surface area (Å²) in [6, 6.07) is 12.8. The van der Waals surface area contributed by atoms with Gasteiger partial charge in [0.05, 0.1) is 13.2 Å². The van der Waals surface area contributed by atoms with Crippen molar-refractivity contribution in [3.63, 3.8) is 0 Å². The van der Waals surface area contributed by atoms with Gasteiger partial charge in [-0.2, -0.15) is 0 Å². The van der Waals surface area contributed by atoms with Gasteiger partial charge in [-0.3, -0.25) is 9.59 Å². The fourth-order valence-corrected chi connectivity index (χ4v) is 2.21. The molecule has 3 N–H and O–H groups in total. The predicted octanol–water partition coefficient (Wildman–Crippen LogP) is 1.93. The molecular formula is C19H22FN3O3. The SMILES string of the molecule is COCCNCC(=O)Nc1ccc(C(=O)NCc2ccccc2F)cc1. The number of methoxy groups -OCH3 is 1. The molecular weight excluding hydrogens is 337 g/mol. The van der Waals surface area contributed by atoms with Crippen molar-refractivity contribution in [1.29, 1.82) is 0 Å². The van der Waals surface area contributed by atoms with E-state index < -0.39 is 0 Å². The number of halogens is 1. The van der Waals surface area contributed by atoms with Gasteiger partial charge in [-0.05, 0) is 30.3 Å². The maximum atomic E-state index is 13.5. The summed E-state index contributed by atoms with van der Waals surface area (Å²) in [5.41, 5.74) is 1.44. The van der Waals surface area contributed by atoms with E-state index in [0.717, 1.165) is 0 Å². The van der Waals surface area contributed by atoms with E-state index in [9.17, 15) is 14.0 Å². The van der Waals surface area contributed by atoms with Crippen LogP contribution in [0.4, 0.5) is 10.1 Å². The number of carbonyl (C=O) groups excluding carboxylic acids is 2. The van der Waals surface area contributed by atoms with Crippen LogP contribution in [0, 0.1) is 5.82 Å². The summed E-state index contributed by atoms with van der Waals surface area (Å²) in [5, 5.41) is 8.34. The maximum Gasteiger partial charge on any atom is 0.251 e. The Hall–Kier alpha value is -2.77. The number of rotatable bonds is 9. The molecule has 0 saturated carbocycles. The summed E-state index contributed by atoms with van der Waals surface area (Å²) in [6.07, 6.45) is 0. The van der Waals surface area contributed by atoms with E-state index in [1.54, 1.807) is 49.6 Å². The molecule has 0 aliphatic heterocycles. The molecule has 0 radical (unpaired) electrons. The van der Waals surface area contributed by atoms with Crippen molar-refractivity contribution < 1.29 is 18.7 Å². The number of benzene rings is 2. The molecule has 6 nitrogen and oxygen atoms in total. The normalized spacial score (nSPS) is 10.4. The zero-order valence-electron chi connectivity index (χ0n) is 14.5. The average molecular weight is 359 g/mol. The molecule has 26 heavy (non-hydrogen) atoms. The molecule has 0 heterocycles. The Morgan fingerprint density at radius 2 is 1.81 bits per heavy atom. The van der Waals surface area contributed by atoms with Gasteiger partial charge in [-0.15, -0.1) is 0 Å². The fourth-order valence-electron chi connectivity index (χ4n) is 2.21. The summed E-state index contributed by atoms with van der Waals surface area (Å²) in [7, 11) is 1.59. The number of carbonyl (C=O) groups is 2. The third-order valence-corrected chi connectivity index (χ3v) is 3.60. The zero-order chi connectivity index (χ0) is 18.8. The molecule has 7 heteroatoms. The van der Waals surface area contributed by atoms with Crippen molar-refractivity contribution in [2.45, 2.75) is 6.54 Å². The average Bonchev–Trinajstić information content (AvgIpc) is 2.65. The predicted molar refractivity (Wildman–Crippen MR) is 97.4 cm³/mol. The van der Waals surface area contributed by atoms with Gasteiger partial charge in [-0.1, -0.05) is 18.2 Å². The van der Waals surface area contributed by atoms with Gasteiger partial charge in [0, 0.05) is 37.0 Å². The van der Waals surface area contributed by atoms with Crippen LogP contribution in [-0.4, -0.2) is 38.6 Å². The maximum absolute atomic E-state index is 13.5. The van der Waals surface area contributed by atoms with Gasteiger partial charge in [0.25, 0.3) is 5.91 Å². The van der Waals surface area contributed by atoms with Crippen LogP contribution in [-0.2, 0) is 16.1 Å². The molecule has 138 valence electrons. The summed E-state index contributed by atoms with van der Waals surface area (Å²) < 4.78 is 18.4. The van der Waals surface area contributed by atoms with Gasteiger partial charge in [-0.25, -0.2) is 4.39 Å². The lowest BCUT2D eigenvalue weighted by Crippen LogP contribution is -2.30. The number of hydrogen-bond donors (Lipinski definition) is 3. The largest absolute Gasteiger partial charge is 0.383 e. The number of amides is 2. The van der Waals surface area contributed by atoms with Crippen LogP contribution in [0.2, 0.25) is 0 Å². The van der Waals surface area contributed by atoms with Crippen LogP contribution >= 0.6 is 0 Å². The highest BCUT2D eigenvalue weighted by Gasteiger charge is 2.08. The van der Waals surface area contributed by atoms with Crippen molar-refractivity contribution in [2.24, 2.45) is 0 Å². The molecule has 0 aliphatic rings. The Morgan fingerprint density at radius 1 is 1.08 bits per heavy atom. The lowest BCUT2D eigenvalue weighted by Gasteiger charge is -2.09. The third kappa shape index (κ3) is 6.27. The highest BCUT2D eigenvalue weighted by Crippen LogP contribution is 2.10. The molecule has 0 unspecified atom stereocenters. The molecule has 0 spiro atoms. The lowest BCUT2D eigenvalue weighted by atomic mass is 10.1. The Bertz CT molecular complexity index is 735. The summed E-state index contributed by atoms with van der Waals surface area (Å²) >= 11 is 0. The van der Waals surface area contributed by atoms with Gasteiger partial charge in [0.15, 0.2) is 0 Å². The minimum absolute atomic E-state index is 0.108.